The number of carbonyl (C=O) groups is 2. The molecule has 0 aliphatic rings. The lowest BCUT2D eigenvalue weighted by molar-refractivity contribution is -0.870. The number of likely N-dealkylation sites (N-methyl/N-ethyl adjacent to an activating group) is 1. The van der Waals surface area contributed by atoms with E-state index in [1.54, 1.807) is 0 Å². The second kappa shape index (κ2) is 44.4. The summed E-state index contributed by atoms with van der Waals surface area (Å²) < 4.78 is 34.0. The number of allylic oxidation sites excluding steroid dienone is 6. The molecule has 0 aliphatic carbocycles. The molecule has 9 nitrogen and oxygen atoms in total. The number of carbonyl (C=O) groups excluding carboxylic acids is 2. The van der Waals surface area contributed by atoms with Crippen molar-refractivity contribution in [2.24, 2.45) is 0 Å². The van der Waals surface area contributed by atoms with Crippen molar-refractivity contribution < 1.29 is 42.1 Å². The quantitative estimate of drug-likeness (QED) is 0.0195. The molecule has 0 spiro atoms. The summed E-state index contributed by atoms with van der Waals surface area (Å²) in [6.45, 7) is 4.24. The molecule has 10 heteroatoms. The predicted molar refractivity (Wildman–Crippen MR) is 259 cm³/mol. The van der Waals surface area contributed by atoms with Crippen LogP contribution in [-0.4, -0.2) is 70.0 Å². The molecule has 0 aliphatic heterocycles. The van der Waals surface area contributed by atoms with Crippen molar-refractivity contribution in [3.8, 4) is 0 Å². The monoisotopic (exact) mass is 896 g/mol. The van der Waals surface area contributed by atoms with Crippen LogP contribution in [0.1, 0.15) is 232 Å². The summed E-state index contributed by atoms with van der Waals surface area (Å²) in [6, 6.07) is 0. The Morgan fingerprint density at radius 1 is 0.500 bits per heavy atom. The van der Waals surface area contributed by atoms with E-state index in [4.69, 9.17) is 18.5 Å². The molecule has 0 aromatic rings. The van der Waals surface area contributed by atoms with Crippen molar-refractivity contribution in [1.82, 2.24) is 0 Å². The van der Waals surface area contributed by atoms with Crippen LogP contribution in [0.15, 0.2) is 36.5 Å². The second-order valence-corrected chi connectivity index (χ2v) is 20.0. The summed E-state index contributed by atoms with van der Waals surface area (Å²) >= 11 is 0. The van der Waals surface area contributed by atoms with Crippen molar-refractivity contribution in [1.29, 1.82) is 0 Å². The fraction of sp³-hybridized carbons (Fsp3) is 0.846. The Morgan fingerprint density at radius 2 is 0.871 bits per heavy atom. The van der Waals surface area contributed by atoms with E-state index < -0.39 is 26.5 Å². The van der Waals surface area contributed by atoms with E-state index in [2.05, 4.69) is 50.3 Å². The van der Waals surface area contributed by atoms with Gasteiger partial charge in [-0.3, -0.25) is 14.2 Å². The number of rotatable bonds is 47. The van der Waals surface area contributed by atoms with Crippen molar-refractivity contribution in [3.63, 3.8) is 0 Å². The molecule has 0 aromatic heterocycles. The smallest absolute Gasteiger partial charge is 0.306 e. The summed E-state index contributed by atoms with van der Waals surface area (Å²) in [7, 11) is 1.17. The molecule has 2 atom stereocenters. The van der Waals surface area contributed by atoms with E-state index in [1.165, 1.54) is 141 Å². The number of hydrogen-bond donors (Lipinski definition) is 0. The molecule has 0 N–H and O–H groups in total. The molecule has 0 aromatic carbocycles. The van der Waals surface area contributed by atoms with Crippen molar-refractivity contribution in [3.05, 3.63) is 36.5 Å². The van der Waals surface area contributed by atoms with Crippen molar-refractivity contribution in [2.75, 3.05) is 47.5 Å². The largest absolute Gasteiger partial charge is 0.756 e. The first kappa shape index (κ1) is 60.2. The average molecular weight is 896 g/mol. The first-order valence-corrected chi connectivity index (χ1v) is 27.2. The van der Waals surface area contributed by atoms with Gasteiger partial charge in [-0.05, 0) is 51.4 Å². The predicted octanol–water partition coefficient (Wildman–Crippen LogP) is 14.6. The minimum atomic E-state index is -4.63. The number of nitrogens with zero attached hydrogens (tertiary/aromatic N) is 1. The fourth-order valence-corrected chi connectivity index (χ4v) is 7.86. The Bertz CT molecular complexity index is 1150. The normalized spacial score (nSPS) is 13.7. The number of unbranched alkanes of at least 4 members (excludes halogenated alkanes) is 27. The number of phosphoric acid groups is 1. The molecule has 62 heavy (non-hydrogen) atoms. The molecule has 0 bridgehead atoms. The summed E-state index contributed by atoms with van der Waals surface area (Å²) in [5.74, 6) is -0.834. The van der Waals surface area contributed by atoms with Gasteiger partial charge < -0.3 is 27.9 Å². The van der Waals surface area contributed by atoms with Crippen molar-refractivity contribution in [2.45, 2.75) is 238 Å². The maximum absolute atomic E-state index is 12.7. The molecular weight excluding hydrogens is 798 g/mol. The Balaban J connectivity index is 4.25. The van der Waals surface area contributed by atoms with Crippen LogP contribution in [-0.2, 0) is 32.7 Å². The number of hydrogen-bond acceptors (Lipinski definition) is 8. The van der Waals surface area contributed by atoms with Gasteiger partial charge in [-0.25, -0.2) is 0 Å². The van der Waals surface area contributed by atoms with Gasteiger partial charge in [0.2, 0.25) is 0 Å². The topological polar surface area (TPSA) is 111 Å². The maximum atomic E-state index is 12.7. The lowest BCUT2D eigenvalue weighted by Gasteiger charge is -2.28. The highest BCUT2D eigenvalue weighted by Gasteiger charge is 2.21. The van der Waals surface area contributed by atoms with E-state index in [0.717, 1.165) is 57.8 Å². The number of ether oxygens (including phenoxy) is 2. The SMILES string of the molecule is CCCCCCC/C=C\C/C=C\C/C=C\CCCCCCCCCCC(=O)OC(COC(=O)CCCCCCCCCCCCCCCCC)COP(=O)([O-])OCC[N+](C)(C)C. The van der Waals surface area contributed by atoms with Gasteiger partial charge in [0.25, 0.3) is 7.82 Å². The van der Waals surface area contributed by atoms with Gasteiger partial charge in [-0.2, -0.15) is 0 Å². The zero-order valence-corrected chi connectivity index (χ0v) is 42.0. The van der Waals surface area contributed by atoms with Crippen LogP contribution in [0.4, 0.5) is 0 Å². The molecule has 2 unspecified atom stereocenters. The third kappa shape index (κ3) is 47.7. The molecule has 0 rings (SSSR count). The fourth-order valence-electron chi connectivity index (χ4n) is 7.13. The van der Waals surface area contributed by atoms with Crippen LogP contribution in [0.25, 0.3) is 0 Å². The minimum Gasteiger partial charge on any atom is -0.756 e. The summed E-state index contributed by atoms with van der Waals surface area (Å²) in [4.78, 5) is 37.7. The van der Waals surface area contributed by atoms with Gasteiger partial charge >= 0.3 is 11.9 Å². The van der Waals surface area contributed by atoms with E-state index in [9.17, 15) is 19.0 Å². The Labute approximate surface area is 382 Å². The number of phosphoric ester groups is 1. The Hall–Kier alpha value is -1.77. The number of quaternary nitrogens is 1. The van der Waals surface area contributed by atoms with E-state index in [0.29, 0.717) is 17.4 Å². The Kier molecular flexibility index (Phi) is 43.2. The highest BCUT2D eigenvalue weighted by molar-refractivity contribution is 7.45. The third-order valence-electron chi connectivity index (χ3n) is 11.2. The average Bonchev–Trinajstić information content (AvgIpc) is 3.23. The van der Waals surface area contributed by atoms with Gasteiger partial charge in [0.15, 0.2) is 6.10 Å². The van der Waals surface area contributed by atoms with Crippen LogP contribution < -0.4 is 4.89 Å². The number of esters is 2. The van der Waals surface area contributed by atoms with Gasteiger partial charge in [0, 0.05) is 12.8 Å². The zero-order chi connectivity index (χ0) is 45.7. The highest BCUT2D eigenvalue weighted by Crippen LogP contribution is 2.38. The van der Waals surface area contributed by atoms with E-state index in [-0.39, 0.29) is 32.0 Å². The molecule has 0 saturated carbocycles. The first-order chi connectivity index (χ1) is 30.0. The standard InChI is InChI=1S/C52H98NO8P/c1-6-8-10-12-14-16-18-20-22-23-24-25-26-27-28-29-31-33-35-37-39-41-43-45-52(55)61-50(49-60-62(56,57)59-47-46-53(3,4)5)48-58-51(54)44-42-40-38-36-34-32-30-21-19-17-15-13-11-9-7-2/h18,20,23-24,26-27,50H,6-17,19,21-22,25,28-49H2,1-5H3/b20-18-,24-23-,27-26-. The molecule has 0 amide bonds. The summed E-state index contributed by atoms with van der Waals surface area (Å²) in [5.41, 5.74) is 0. The van der Waals surface area contributed by atoms with Crippen LogP contribution in [0.2, 0.25) is 0 Å². The molecule has 0 heterocycles. The molecule has 0 radical (unpaired) electrons. The van der Waals surface area contributed by atoms with Crippen LogP contribution >= 0.6 is 7.82 Å². The first-order valence-electron chi connectivity index (χ1n) is 25.7. The highest BCUT2D eigenvalue weighted by atomic mass is 31.2. The van der Waals surface area contributed by atoms with Crippen LogP contribution in [0.5, 0.6) is 0 Å². The lowest BCUT2D eigenvalue weighted by Crippen LogP contribution is -2.37. The summed E-state index contributed by atoms with van der Waals surface area (Å²) in [5, 5.41) is 0. The lowest BCUT2D eigenvalue weighted by atomic mass is 10.0. The van der Waals surface area contributed by atoms with Gasteiger partial charge in [0.1, 0.15) is 19.8 Å². The van der Waals surface area contributed by atoms with E-state index >= 15 is 0 Å². The van der Waals surface area contributed by atoms with Gasteiger partial charge in [0.05, 0.1) is 27.7 Å². The maximum Gasteiger partial charge on any atom is 0.306 e. The molecular formula is C52H98NO8P. The van der Waals surface area contributed by atoms with Crippen molar-refractivity contribution >= 4 is 19.8 Å². The second-order valence-electron chi connectivity index (χ2n) is 18.5. The molecule has 364 valence electrons. The molecule has 0 fully saturated rings. The Morgan fingerprint density at radius 3 is 1.29 bits per heavy atom. The van der Waals surface area contributed by atoms with E-state index in [1.807, 2.05) is 21.1 Å². The van der Waals surface area contributed by atoms with Crippen LogP contribution in [0, 0.1) is 0 Å². The minimum absolute atomic E-state index is 0.0314. The van der Waals surface area contributed by atoms with Crippen LogP contribution in [0.3, 0.4) is 0 Å². The third-order valence-corrected chi connectivity index (χ3v) is 12.1. The summed E-state index contributed by atoms with van der Waals surface area (Å²) in [6.07, 6.45) is 51.7. The van der Waals surface area contributed by atoms with Gasteiger partial charge in [-0.1, -0.05) is 204 Å². The van der Waals surface area contributed by atoms with Gasteiger partial charge in [-0.15, -0.1) is 0 Å². The molecule has 0 saturated heterocycles. The zero-order valence-electron chi connectivity index (χ0n) is 41.1.